The molecule has 0 saturated heterocycles. The van der Waals surface area contributed by atoms with E-state index in [0.717, 1.165) is 13.1 Å². The fraction of sp³-hybridized carbons (Fsp3) is 0.188. The van der Waals surface area contributed by atoms with Crippen LogP contribution in [0.15, 0.2) is 53.4 Å². The van der Waals surface area contributed by atoms with Crippen LogP contribution >= 0.6 is 11.6 Å². The predicted molar refractivity (Wildman–Crippen MR) is 91.7 cm³/mol. The smallest absolute Gasteiger partial charge is 0.333 e. The van der Waals surface area contributed by atoms with Crippen LogP contribution in [0.5, 0.6) is 0 Å². The van der Waals surface area contributed by atoms with E-state index in [1.54, 1.807) is 12.1 Å². The van der Waals surface area contributed by atoms with E-state index in [-0.39, 0.29) is 21.2 Å². The fourth-order valence-electron chi connectivity index (χ4n) is 2.11. The molecule has 0 saturated carbocycles. The van der Waals surface area contributed by atoms with Crippen LogP contribution in [-0.4, -0.2) is 39.0 Å². The average Bonchev–Trinajstić information content (AvgIpc) is 2.54. The number of amides is 1. The Morgan fingerprint density at radius 3 is 2.42 bits per heavy atom. The van der Waals surface area contributed by atoms with Crippen molar-refractivity contribution in [2.75, 3.05) is 18.3 Å². The molecule has 0 bridgehead atoms. The van der Waals surface area contributed by atoms with E-state index in [4.69, 9.17) is 11.6 Å². The van der Waals surface area contributed by atoms with E-state index in [1.807, 2.05) is 0 Å². The zero-order chi connectivity index (χ0) is 19.5. The molecule has 0 spiro atoms. The number of hydrogen-bond donors (Lipinski definition) is 1. The highest BCUT2D eigenvalue weighted by atomic mass is 35.5. The lowest BCUT2D eigenvalue weighted by Gasteiger charge is -2.19. The Balaban J connectivity index is 2.28. The van der Waals surface area contributed by atoms with Crippen molar-refractivity contribution < 1.29 is 26.4 Å². The molecular formula is C16H14ClF3N2O3S. The normalized spacial score (nSPS) is 11.9. The van der Waals surface area contributed by atoms with Crippen LogP contribution in [0.25, 0.3) is 0 Å². The van der Waals surface area contributed by atoms with Gasteiger partial charge in [-0.2, -0.15) is 13.2 Å². The van der Waals surface area contributed by atoms with E-state index in [2.05, 4.69) is 4.72 Å². The molecule has 0 aliphatic carbocycles. The molecule has 10 heteroatoms. The number of rotatable bonds is 5. The second-order valence-corrected chi connectivity index (χ2v) is 7.48. The summed E-state index contributed by atoms with van der Waals surface area (Å²) < 4.78 is 64.4. The molecule has 0 radical (unpaired) electrons. The molecular weight excluding hydrogens is 393 g/mol. The summed E-state index contributed by atoms with van der Waals surface area (Å²) in [6.45, 7) is -1.44. The van der Waals surface area contributed by atoms with Crippen LogP contribution in [0.4, 0.5) is 18.9 Å². The first-order valence-electron chi connectivity index (χ1n) is 7.19. The highest BCUT2D eigenvalue weighted by Gasteiger charge is 2.31. The predicted octanol–water partition coefficient (Wildman–Crippen LogP) is 3.78. The number of anilines is 1. The van der Waals surface area contributed by atoms with Crippen molar-refractivity contribution in [2.24, 2.45) is 0 Å². The Kier molecular flexibility index (Phi) is 5.82. The van der Waals surface area contributed by atoms with E-state index in [0.29, 0.717) is 4.90 Å². The number of benzene rings is 2. The Morgan fingerprint density at radius 1 is 1.15 bits per heavy atom. The Labute approximate surface area is 153 Å². The van der Waals surface area contributed by atoms with Gasteiger partial charge in [-0.05, 0) is 30.3 Å². The SMILES string of the molecule is CN(CC(F)(F)F)C(=O)c1cccc(S(=O)(=O)Nc2ccccc2Cl)c1. The topological polar surface area (TPSA) is 66.5 Å². The van der Waals surface area contributed by atoms with Crippen LogP contribution in [0.3, 0.4) is 0 Å². The number of alkyl halides is 3. The van der Waals surface area contributed by atoms with Gasteiger partial charge in [0.1, 0.15) is 6.54 Å². The monoisotopic (exact) mass is 406 g/mol. The molecule has 2 aromatic carbocycles. The average molecular weight is 407 g/mol. The number of para-hydroxylation sites is 1. The van der Waals surface area contributed by atoms with Gasteiger partial charge in [-0.1, -0.05) is 29.8 Å². The maximum Gasteiger partial charge on any atom is 0.406 e. The third-order valence-corrected chi connectivity index (χ3v) is 4.97. The standard InChI is InChI=1S/C16H14ClF3N2O3S/c1-22(10-16(18,19)20)15(23)11-5-4-6-12(9-11)26(24,25)21-14-8-3-2-7-13(14)17/h2-9,21H,10H2,1H3. The van der Waals surface area contributed by atoms with Crippen molar-refractivity contribution in [3.05, 3.63) is 59.1 Å². The summed E-state index contributed by atoms with van der Waals surface area (Å²) in [5, 5.41) is 0.174. The Bertz CT molecular complexity index is 917. The zero-order valence-corrected chi connectivity index (χ0v) is 15.0. The second kappa shape index (κ2) is 7.55. The highest BCUT2D eigenvalue weighted by molar-refractivity contribution is 7.92. The van der Waals surface area contributed by atoms with Gasteiger partial charge in [-0.3, -0.25) is 9.52 Å². The van der Waals surface area contributed by atoms with Crippen LogP contribution in [0, 0.1) is 0 Å². The zero-order valence-electron chi connectivity index (χ0n) is 13.4. The molecule has 0 aromatic heterocycles. The van der Waals surface area contributed by atoms with Crippen molar-refractivity contribution in [1.82, 2.24) is 4.90 Å². The largest absolute Gasteiger partial charge is 0.406 e. The van der Waals surface area contributed by atoms with E-state index >= 15 is 0 Å². The fourth-order valence-corrected chi connectivity index (χ4v) is 3.47. The minimum atomic E-state index is -4.56. The second-order valence-electron chi connectivity index (χ2n) is 5.39. The number of nitrogens with zero attached hydrogens (tertiary/aromatic N) is 1. The van der Waals surface area contributed by atoms with Crippen molar-refractivity contribution in [3.8, 4) is 0 Å². The van der Waals surface area contributed by atoms with Gasteiger partial charge in [0.15, 0.2) is 0 Å². The van der Waals surface area contributed by atoms with Gasteiger partial charge in [0.2, 0.25) is 0 Å². The third-order valence-electron chi connectivity index (χ3n) is 3.27. The molecule has 1 amide bonds. The van der Waals surface area contributed by atoms with E-state index < -0.39 is 28.7 Å². The van der Waals surface area contributed by atoms with Gasteiger partial charge in [0.25, 0.3) is 15.9 Å². The number of sulfonamides is 1. The Morgan fingerprint density at radius 2 is 1.81 bits per heavy atom. The minimum absolute atomic E-state index is 0.139. The molecule has 2 rings (SSSR count). The van der Waals surface area contributed by atoms with Gasteiger partial charge in [0, 0.05) is 12.6 Å². The van der Waals surface area contributed by atoms with Crippen LogP contribution in [-0.2, 0) is 10.0 Å². The van der Waals surface area contributed by atoms with Crippen molar-refractivity contribution in [1.29, 1.82) is 0 Å². The highest BCUT2D eigenvalue weighted by Crippen LogP contribution is 2.24. The summed E-state index contributed by atoms with van der Waals surface area (Å²) >= 11 is 5.91. The number of carbonyl (C=O) groups excluding carboxylic acids is 1. The molecule has 140 valence electrons. The summed E-state index contributed by atoms with van der Waals surface area (Å²) in [5.74, 6) is -0.947. The van der Waals surface area contributed by atoms with Crippen molar-refractivity contribution >= 4 is 33.2 Å². The first kappa shape index (κ1) is 20.1. The van der Waals surface area contributed by atoms with E-state index in [1.165, 1.54) is 30.3 Å². The number of halogens is 4. The summed E-state index contributed by atoms with van der Waals surface area (Å²) in [7, 11) is -3.09. The number of carbonyl (C=O) groups is 1. The molecule has 26 heavy (non-hydrogen) atoms. The molecule has 0 aliphatic heterocycles. The summed E-state index contributed by atoms with van der Waals surface area (Å²) in [6, 6.07) is 10.9. The first-order chi connectivity index (χ1) is 12.0. The molecule has 0 fully saturated rings. The first-order valence-corrected chi connectivity index (χ1v) is 9.05. The van der Waals surface area contributed by atoms with Gasteiger partial charge in [-0.25, -0.2) is 8.42 Å². The third kappa shape index (κ3) is 5.12. The van der Waals surface area contributed by atoms with Gasteiger partial charge >= 0.3 is 6.18 Å². The quantitative estimate of drug-likeness (QED) is 0.821. The number of nitrogens with one attached hydrogen (secondary N) is 1. The Hall–Kier alpha value is -2.26. The summed E-state index contributed by atoms with van der Waals surface area (Å²) in [5.41, 5.74) is -0.0427. The van der Waals surface area contributed by atoms with Crippen molar-refractivity contribution in [2.45, 2.75) is 11.1 Å². The maximum absolute atomic E-state index is 12.5. The van der Waals surface area contributed by atoms with Gasteiger partial charge in [-0.15, -0.1) is 0 Å². The van der Waals surface area contributed by atoms with Crippen LogP contribution in [0.1, 0.15) is 10.4 Å². The van der Waals surface area contributed by atoms with E-state index in [9.17, 15) is 26.4 Å². The molecule has 0 unspecified atom stereocenters. The molecule has 0 aliphatic rings. The number of hydrogen-bond acceptors (Lipinski definition) is 3. The van der Waals surface area contributed by atoms with Crippen LogP contribution in [0.2, 0.25) is 5.02 Å². The summed E-state index contributed by atoms with van der Waals surface area (Å²) in [6.07, 6.45) is -4.56. The minimum Gasteiger partial charge on any atom is -0.333 e. The lowest BCUT2D eigenvalue weighted by molar-refractivity contribution is -0.138. The summed E-state index contributed by atoms with van der Waals surface area (Å²) in [4.78, 5) is 12.3. The molecule has 0 heterocycles. The lowest BCUT2D eigenvalue weighted by atomic mass is 10.2. The van der Waals surface area contributed by atoms with Crippen molar-refractivity contribution in [3.63, 3.8) is 0 Å². The molecule has 5 nitrogen and oxygen atoms in total. The lowest BCUT2D eigenvalue weighted by Crippen LogP contribution is -2.35. The molecule has 0 atom stereocenters. The molecule has 2 aromatic rings. The van der Waals surface area contributed by atoms with Crippen LogP contribution < -0.4 is 4.72 Å². The van der Waals surface area contributed by atoms with Gasteiger partial charge < -0.3 is 4.90 Å². The van der Waals surface area contributed by atoms with Gasteiger partial charge in [0.05, 0.1) is 15.6 Å². The maximum atomic E-state index is 12.5. The molecule has 1 N–H and O–H groups in total.